The van der Waals surface area contributed by atoms with Crippen molar-refractivity contribution < 1.29 is 28.1 Å². The summed E-state index contributed by atoms with van der Waals surface area (Å²) in [6.07, 6.45) is 3.57. The molecule has 38 heavy (non-hydrogen) atoms. The summed E-state index contributed by atoms with van der Waals surface area (Å²) in [5.74, 6) is -0.134. The number of carbonyl (C=O) groups excluding carboxylic acids is 1. The number of rotatable bonds is 8. The molecular formula is C25H21FN6O5S. The van der Waals surface area contributed by atoms with Gasteiger partial charge in [-0.25, -0.2) is 34.1 Å². The zero-order chi connectivity index (χ0) is 26.6. The lowest BCUT2D eigenvalue weighted by Crippen LogP contribution is -2.18. The Kier molecular flexibility index (Phi) is 7.09. The van der Waals surface area contributed by atoms with E-state index in [0.29, 0.717) is 33.1 Å². The quantitative estimate of drug-likeness (QED) is 0.276. The highest BCUT2D eigenvalue weighted by atomic mass is 32.1. The second-order valence-electron chi connectivity index (χ2n) is 7.93. The maximum Gasteiger partial charge on any atom is 0.411 e. The van der Waals surface area contributed by atoms with E-state index in [0.717, 1.165) is 15.8 Å². The summed E-state index contributed by atoms with van der Waals surface area (Å²) in [5.41, 5.74) is 3.94. The summed E-state index contributed by atoms with van der Waals surface area (Å²) in [5, 5.41) is 3.15. The highest BCUT2D eigenvalue weighted by Crippen LogP contribution is 2.37. The van der Waals surface area contributed by atoms with Crippen molar-refractivity contribution in [3.8, 4) is 28.2 Å². The number of halogens is 1. The minimum absolute atomic E-state index is 0.0268. The lowest BCUT2D eigenvalue weighted by molar-refractivity contribution is 0.136. The van der Waals surface area contributed by atoms with Crippen molar-refractivity contribution >= 4 is 44.4 Å². The van der Waals surface area contributed by atoms with Crippen LogP contribution in [-0.4, -0.2) is 58.4 Å². The third-order valence-electron chi connectivity index (χ3n) is 5.28. The van der Waals surface area contributed by atoms with Crippen LogP contribution >= 0.6 is 11.3 Å². The van der Waals surface area contributed by atoms with Gasteiger partial charge in [0.1, 0.15) is 18.2 Å². The molecule has 0 radical (unpaired) electrons. The topological polar surface area (TPSA) is 130 Å². The molecule has 1 amide bonds. The number of benzene rings is 2. The van der Waals surface area contributed by atoms with Crippen LogP contribution in [0.1, 0.15) is 5.56 Å². The molecule has 5 aromatic rings. The second-order valence-corrected chi connectivity index (χ2v) is 8.96. The number of anilines is 1. The maximum atomic E-state index is 14.7. The number of amides is 1. The number of fused-ring (bicyclic) bond motifs is 2. The number of aryl methyl sites for hydroxylation is 1. The third-order valence-corrected chi connectivity index (χ3v) is 6.33. The van der Waals surface area contributed by atoms with Gasteiger partial charge < -0.3 is 18.9 Å². The summed E-state index contributed by atoms with van der Waals surface area (Å²) < 4.78 is 36.1. The molecule has 0 aliphatic rings. The standard InChI is InChI=1S/C25H21FN6O5S/c1-13-6-15(22-18(7-13)31-21(34-2)12-27-22)23-32-17-8-16(26)19(9-20(17)38-23)36-4-5-37-25(33)30-14-10-28-24(35-3)29-11-14/h6-12H,4-5H2,1-3H3,(H,30,33). The number of nitrogens with one attached hydrogen (secondary N) is 1. The molecule has 1 N–H and O–H groups in total. The van der Waals surface area contributed by atoms with Crippen molar-refractivity contribution in [2.24, 2.45) is 0 Å². The van der Waals surface area contributed by atoms with E-state index in [9.17, 15) is 9.18 Å². The molecule has 0 unspecified atom stereocenters. The van der Waals surface area contributed by atoms with Crippen molar-refractivity contribution in [3.63, 3.8) is 0 Å². The summed E-state index contributed by atoms with van der Waals surface area (Å²) in [6.45, 7) is 1.79. The number of thiazole rings is 1. The molecule has 2 aromatic carbocycles. The monoisotopic (exact) mass is 536 g/mol. The Labute approximate surface area is 219 Å². The average molecular weight is 537 g/mol. The Morgan fingerprint density at radius 1 is 0.974 bits per heavy atom. The summed E-state index contributed by atoms with van der Waals surface area (Å²) in [4.78, 5) is 33.3. The number of hydrogen-bond donors (Lipinski definition) is 1. The second kappa shape index (κ2) is 10.8. The predicted molar refractivity (Wildman–Crippen MR) is 138 cm³/mol. The largest absolute Gasteiger partial charge is 0.487 e. The van der Waals surface area contributed by atoms with Crippen LogP contribution in [0.4, 0.5) is 14.9 Å². The predicted octanol–water partition coefficient (Wildman–Crippen LogP) is 4.79. The molecule has 0 atom stereocenters. The molecule has 0 aliphatic carbocycles. The van der Waals surface area contributed by atoms with E-state index in [1.165, 1.54) is 44.0 Å². The minimum atomic E-state index is -0.725. The van der Waals surface area contributed by atoms with Crippen LogP contribution in [0.25, 0.3) is 31.8 Å². The van der Waals surface area contributed by atoms with Gasteiger partial charge in [-0.15, -0.1) is 11.3 Å². The highest BCUT2D eigenvalue weighted by molar-refractivity contribution is 7.21. The van der Waals surface area contributed by atoms with Gasteiger partial charge in [0.25, 0.3) is 0 Å². The van der Waals surface area contributed by atoms with Crippen LogP contribution in [-0.2, 0) is 4.74 Å². The lowest BCUT2D eigenvalue weighted by atomic mass is 10.1. The van der Waals surface area contributed by atoms with E-state index in [1.54, 1.807) is 12.3 Å². The molecule has 11 nitrogen and oxygen atoms in total. The van der Waals surface area contributed by atoms with Crippen LogP contribution in [0.5, 0.6) is 17.6 Å². The third kappa shape index (κ3) is 5.37. The summed E-state index contributed by atoms with van der Waals surface area (Å²) >= 11 is 1.38. The van der Waals surface area contributed by atoms with Crippen LogP contribution in [0.2, 0.25) is 0 Å². The fourth-order valence-electron chi connectivity index (χ4n) is 3.59. The van der Waals surface area contributed by atoms with E-state index < -0.39 is 11.9 Å². The van der Waals surface area contributed by atoms with Gasteiger partial charge in [-0.3, -0.25) is 5.32 Å². The molecule has 3 aromatic heterocycles. The number of carbonyl (C=O) groups is 1. The first-order chi connectivity index (χ1) is 18.4. The van der Waals surface area contributed by atoms with Crippen molar-refractivity contribution in [1.82, 2.24) is 24.9 Å². The van der Waals surface area contributed by atoms with Crippen molar-refractivity contribution in [2.75, 3.05) is 32.8 Å². The number of nitrogens with zero attached hydrogens (tertiary/aromatic N) is 5. The van der Waals surface area contributed by atoms with Gasteiger partial charge in [0, 0.05) is 17.7 Å². The molecule has 3 heterocycles. The van der Waals surface area contributed by atoms with Gasteiger partial charge in [-0.2, -0.15) is 0 Å². The Morgan fingerprint density at radius 3 is 2.55 bits per heavy atom. The molecular weight excluding hydrogens is 515 g/mol. The maximum absolute atomic E-state index is 14.7. The van der Waals surface area contributed by atoms with E-state index in [2.05, 4.69) is 30.2 Å². The first kappa shape index (κ1) is 25.0. The molecule has 0 saturated carbocycles. The Morgan fingerprint density at radius 2 is 1.79 bits per heavy atom. The van der Waals surface area contributed by atoms with Crippen molar-refractivity contribution in [3.05, 3.63) is 54.2 Å². The SMILES string of the molecule is COc1cnc2c(-c3nc4cc(F)c(OCCOC(=O)Nc5cnc(OC)nc5)cc4s3)cc(C)cc2n1. The van der Waals surface area contributed by atoms with Crippen LogP contribution < -0.4 is 19.5 Å². The van der Waals surface area contributed by atoms with Crippen LogP contribution in [0, 0.1) is 12.7 Å². The van der Waals surface area contributed by atoms with Crippen LogP contribution in [0.3, 0.4) is 0 Å². The molecule has 0 aliphatic heterocycles. The molecule has 194 valence electrons. The van der Waals surface area contributed by atoms with E-state index in [4.69, 9.17) is 18.9 Å². The lowest BCUT2D eigenvalue weighted by Gasteiger charge is -2.09. The Hall–Kier alpha value is -4.65. The Balaban J connectivity index is 1.27. The molecule has 5 rings (SSSR count). The molecule has 0 fully saturated rings. The van der Waals surface area contributed by atoms with Crippen LogP contribution in [0.15, 0.2) is 42.9 Å². The van der Waals surface area contributed by atoms with Gasteiger partial charge >= 0.3 is 12.1 Å². The van der Waals surface area contributed by atoms with E-state index >= 15 is 0 Å². The summed E-state index contributed by atoms with van der Waals surface area (Å²) in [6, 6.07) is 6.95. The molecule has 0 bridgehead atoms. The number of aromatic nitrogens is 5. The zero-order valence-electron chi connectivity index (χ0n) is 20.5. The number of methoxy groups -OCH3 is 2. The number of hydrogen-bond acceptors (Lipinski definition) is 11. The summed E-state index contributed by atoms with van der Waals surface area (Å²) in [7, 11) is 2.97. The van der Waals surface area contributed by atoms with Crippen molar-refractivity contribution in [1.29, 1.82) is 0 Å². The first-order valence-electron chi connectivity index (χ1n) is 11.3. The van der Waals surface area contributed by atoms with E-state index in [1.807, 2.05) is 19.1 Å². The molecule has 0 spiro atoms. The van der Waals surface area contributed by atoms with Gasteiger partial charge in [0.05, 0.1) is 59.7 Å². The average Bonchev–Trinajstić information content (AvgIpc) is 3.33. The van der Waals surface area contributed by atoms with E-state index in [-0.39, 0.29) is 25.0 Å². The van der Waals surface area contributed by atoms with Gasteiger partial charge in [-0.1, -0.05) is 0 Å². The minimum Gasteiger partial charge on any atom is -0.487 e. The fraction of sp³-hybridized carbons (Fsp3) is 0.200. The zero-order valence-corrected chi connectivity index (χ0v) is 21.3. The Bertz CT molecular complexity index is 1630. The van der Waals surface area contributed by atoms with Gasteiger partial charge in [-0.05, 0) is 24.6 Å². The van der Waals surface area contributed by atoms with Crippen molar-refractivity contribution in [2.45, 2.75) is 6.92 Å². The normalized spacial score (nSPS) is 10.9. The fourth-order valence-corrected chi connectivity index (χ4v) is 4.58. The number of ether oxygens (including phenoxy) is 4. The first-order valence-corrected chi connectivity index (χ1v) is 12.1. The van der Waals surface area contributed by atoms with Gasteiger partial charge in [0.15, 0.2) is 11.6 Å². The molecule has 13 heteroatoms. The smallest absolute Gasteiger partial charge is 0.411 e. The molecule has 0 saturated heterocycles. The highest BCUT2D eigenvalue weighted by Gasteiger charge is 2.16. The van der Waals surface area contributed by atoms with Gasteiger partial charge in [0.2, 0.25) is 5.88 Å².